The normalized spacial score (nSPS) is 11.5. The lowest BCUT2D eigenvalue weighted by molar-refractivity contribution is -0.115. The van der Waals surface area contributed by atoms with Gasteiger partial charge >= 0.3 is 0 Å². The Labute approximate surface area is 171 Å². The van der Waals surface area contributed by atoms with Gasteiger partial charge in [0.05, 0.1) is 23.1 Å². The number of nitrogens with one attached hydrogen (secondary N) is 1. The second kappa shape index (κ2) is 11.4. The summed E-state index contributed by atoms with van der Waals surface area (Å²) >= 11 is 1.35. The highest BCUT2D eigenvalue weighted by Crippen LogP contribution is 2.30. The summed E-state index contributed by atoms with van der Waals surface area (Å²) in [5.41, 5.74) is 2.12. The van der Waals surface area contributed by atoms with Crippen molar-refractivity contribution in [1.82, 2.24) is 4.98 Å². The van der Waals surface area contributed by atoms with Crippen LogP contribution in [0.3, 0.4) is 0 Å². The number of thioether (sulfide) groups is 1. The predicted molar refractivity (Wildman–Crippen MR) is 114 cm³/mol. The first-order valence-corrected chi connectivity index (χ1v) is 10.6. The van der Waals surface area contributed by atoms with Crippen molar-refractivity contribution in [1.29, 1.82) is 5.26 Å². The summed E-state index contributed by atoms with van der Waals surface area (Å²) < 4.78 is 5.58. The fourth-order valence-corrected chi connectivity index (χ4v) is 3.69. The number of aryl methyl sites for hydroxylation is 1. The molecule has 1 unspecified atom stereocenters. The van der Waals surface area contributed by atoms with Crippen molar-refractivity contribution in [3.05, 3.63) is 47.7 Å². The highest BCUT2D eigenvalue weighted by Gasteiger charge is 2.22. The molecular weight excluding hydrogens is 370 g/mol. The lowest BCUT2D eigenvalue weighted by Crippen LogP contribution is -2.25. The molecule has 0 saturated heterocycles. The van der Waals surface area contributed by atoms with E-state index in [1.807, 2.05) is 44.2 Å². The van der Waals surface area contributed by atoms with Gasteiger partial charge in [0.2, 0.25) is 5.91 Å². The van der Waals surface area contributed by atoms with Gasteiger partial charge in [0, 0.05) is 5.69 Å². The first-order valence-electron chi connectivity index (χ1n) is 9.72. The van der Waals surface area contributed by atoms with Crippen LogP contribution in [0.2, 0.25) is 0 Å². The Hall–Kier alpha value is -2.52. The van der Waals surface area contributed by atoms with Crippen LogP contribution in [0.15, 0.2) is 41.4 Å². The molecule has 6 heteroatoms. The molecule has 0 saturated carbocycles. The van der Waals surface area contributed by atoms with Crippen molar-refractivity contribution in [3.63, 3.8) is 0 Å². The van der Waals surface area contributed by atoms with Crippen LogP contribution in [0.25, 0.3) is 0 Å². The molecular formula is C22H27N3O2S. The molecule has 0 radical (unpaired) electrons. The number of rotatable bonds is 10. The molecule has 0 fully saturated rings. The molecule has 1 heterocycles. The molecule has 148 valence electrons. The van der Waals surface area contributed by atoms with E-state index in [0.717, 1.165) is 25.0 Å². The van der Waals surface area contributed by atoms with Crippen molar-refractivity contribution in [2.24, 2.45) is 0 Å². The SMILES string of the molecule is CCCCc1ccc(C#N)c(SC(CC)C(=O)Nc2ccccc2OCC)n1. The molecule has 2 rings (SSSR count). The topological polar surface area (TPSA) is 75.0 Å². The van der Waals surface area contributed by atoms with Gasteiger partial charge in [-0.15, -0.1) is 0 Å². The highest BCUT2D eigenvalue weighted by molar-refractivity contribution is 8.00. The third-order valence-electron chi connectivity index (χ3n) is 4.19. The fraction of sp³-hybridized carbons (Fsp3) is 0.409. The van der Waals surface area contributed by atoms with Crippen molar-refractivity contribution in [3.8, 4) is 11.8 Å². The number of carbonyl (C=O) groups excluding carboxylic acids is 1. The summed E-state index contributed by atoms with van der Waals surface area (Å²) in [5.74, 6) is 0.528. The molecule has 0 bridgehead atoms. The van der Waals surface area contributed by atoms with Gasteiger partial charge in [-0.05, 0) is 50.5 Å². The maximum Gasteiger partial charge on any atom is 0.238 e. The van der Waals surface area contributed by atoms with E-state index in [1.54, 1.807) is 6.07 Å². The molecule has 1 atom stereocenters. The van der Waals surface area contributed by atoms with Crippen LogP contribution in [0.4, 0.5) is 5.69 Å². The average Bonchev–Trinajstić information content (AvgIpc) is 2.72. The zero-order valence-electron chi connectivity index (χ0n) is 16.7. The van der Waals surface area contributed by atoms with E-state index in [4.69, 9.17) is 4.74 Å². The van der Waals surface area contributed by atoms with Gasteiger partial charge in [-0.3, -0.25) is 4.79 Å². The summed E-state index contributed by atoms with van der Waals surface area (Å²) in [4.78, 5) is 17.5. The zero-order chi connectivity index (χ0) is 20.4. The molecule has 0 spiro atoms. The van der Waals surface area contributed by atoms with Gasteiger partial charge < -0.3 is 10.1 Å². The second-order valence-corrected chi connectivity index (χ2v) is 7.50. The minimum atomic E-state index is -0.351. The van der Waals surface area contributed by atoms with Crippen LogP contribution in [0.1, 0.15) is 51.3 Å². The number of nitriles is 1. The summed E-state index contributed by atoms with van der Waals surface area (Å²) in [6.07, 6.45) is 3.64. The maximum absolute atomic E-state index is 12.9. The average molecular weight is 398 g/mol. The molecule has 1 amide bonds. The summed E-state index contributed by atoms with van der Waals surface area (Å²) in [7, 11) is 0. The van der Waals surface area contributed by atoms with Crippen molar-refractivity contribution in [2.45, 2.75) is 56.7 Å². The number of ether oxygens (including phenoxy) is 1. The molecule has 2 aromatic rings. The fourth-order valence-electron chi connectivity index (χ4n) is 2.67. The van der Waals surface area contributed by atoms with Crippen molar-refractivity contribution < 1.29 is 9.53 Å². The number of carbonyl (C=O) groups is 1. The number of hydrogen-bond donors (Lipinski definition) is 1. The van der Waals surface area contributed by atoms with Crippen LogP contribution in [-0.4, -0.2) is 22.7 Å². The zero-order valence-corrected chi connectivity index (χ0v) is 17.5. The van der Waals surface area contributed by atoms with E-state index in [2.05, 4.69) is 23.3 Å². The Balaban J connectivity index is 2.17. The number of unbranched alkanes of at least 4 members (excludes halogenated alkanes) is 1. The van der Waals surface area contributed by atoms with Gasteiger partial charge in [-0.25, -0.2) is 4.98 Å². The number of benzene rings is 1. The van der Waals surface area contributed by atoms with E-state index in [0.29, 0.717) is 35.1 Å². The molecule has 28 heavy (non-hydrogen) atoms. The van der Waals surface area contributed by atoms with Crippen LogP contribution in [0, 0.1) is 11.3 Å². The molecule has 1 aromatic heterocycles. The highest BCUT2D eigenvalue weighted by atomic mass is 32.2. The van der Waals surface area contributed by atoms with E-state index in [1.165, 1.54) is 11.8 Å². The molecule has 5 nitrogen and oxygen atoms in total. The van der Waals surface area contributed by atoms with Crippen LogP contribution < -0.4 is 10.1 Å². The first-order chi connectivity index (χ1) is 13.6. The number of aromatic nitrogens is 1. The molecule has 0 aliphatic heterocycles. The third kappa shape index (κ3) is 6.00. The molecule has 0 aliphatic rings. The van der Waals surface area contributed by atoms with Crippen LogP contribution in [0.5, 0.6) is 5.75 Å². The number of amides is 1. The Morgan fingerprint density at radius 1 is 1.25 bits per heavy atom. The monoisotopic (exact) mass is 397 g/mol. The number of nitrogens with zero attached hydrogens (tertiary/aromatic N) is 2. The van der Waals surface area contributed by atoms with E-state index in [-0.39, 0.29) is 11.2 Å². The quantitative estimate of drug-likeness (QED) is 0.557. The second-order valence-electron chi connectivity index (χ2n) is 6.30. The van der Waals surface area contributed by atoms with Gasteiger partial charge in [0.1, 0.15) is 16.8 Å². The van der Waals surface area contributed by atoms with E-state index < -0.39 is 0 Å². The Kier molecular flexibility index (Phi) is 8.83. The molecule has 1 aromatic carbocycles. The smallest absolute Gasteiger partial charge is 0.238 e. The van der Waals surface area contributed by atoms with Crippen LogP contribution >= 0.6 is 11.8 Å². The largest absolute Gasteiger partial charge is 0.492 e. The lowest BCUT2D eigenvalue weighted by Gasteiger charge is -2.17. The number of pyridine rings is 1. The number of hydrogen-bond acceptors (Lipinski definition) is 5. The summed E-state index contributed by atoms with van der Waals surface area (Å²) in [6.45, 7) is 6.53. The van der Waals surface area contributed by atoms with Gasteiger partial charge in [0.25, 0.3) is 0 Å². The summed E-state index contributed by atoms with van der Waals surface area (Å²) in [5, 5.41) is 12.6. The maximum atomic E-state index is 12.9. The Bertz CT molecular complexity index is 833. The lowest BCUT2D eigenvalue weighted by atomic mass is 10.2. The third-order valence-corrected chi connectivity index (χ3v) is 5.55. The van der Waals surface area contributed by atoms with Crippen molar-refractivity contribution in [2.75, 3.05) is 11.9 Å². The van der Waals surface area contributed by atoms with Gasteiger partial charge in [0.15, 0.2) is 0 Å². The minimum Gasteiger partial charge on any atom is -0.492 e. The Morgan fingerprint density at radius 2 is 2.04 bits per heavy atom. The van der Waals surface area contributed by atoms with E-state index >= 15 is 0 Å². The molecule has 0 aliphatic carbocycles. The summed E-state index contributed by atoms with van der Waals surface area (Å²) in [6, 6.07) is 13.3. The minimum absolute atomic E-state index is 0.121. The van der Waals surface area contributed by atoms with Gasteiger partial charge in [-0.2, -0.15) is 5.26 Å². The first kappa shape index (κ1) is 21.8. The van der Waals surface area contributed by atoms with Gasteiger partial charge in [-0.1, -0.05) is 44.2 Å². The van der Waals surface area contributed by atoms with E-state index in [9.17, 15) is 10.1 Å². The number of anilines is 1. The standard InChI is InChI=1S/C22H27N3O2S/c1-4-7-10-17-14-13-16(15-23)22(24-17)28-20(5-2)21(26)25-18-11-8-9-12-19(18)27-6-3/h8-9,11-14,20H,4-7,10H2,1-3H3,(H,25,26). The predicted octanol–water partition coefficient (Wildman–Crippen LogP) is 5.20. The van der Waals surface area contributed by atoms with Crippen LogP contribution in [-0.2, 0) is 11.2 Å². The number of para-hydroxylation sites is 2. The Morgan fingerprint density at radius 3 is 2.71 bits per heavy atom. The van der Waals surface area contributed by atoms with Crippen molar-refractivity contribution >= 4 is 23.4 Å². The molecule has 1 N–H and O–H groups in total.